The summed E-state index contributed by atoms with van der Waals surface area (Å²) in [7, 11) is 0. The summed E-state index contributed by atoms with van der Waals surface area (Å²) in [4.78, 5) is 0. The topological polar surface area (TPSA) is 47.6 Å². The van der Waals surface area contributed by atoms with Gasteiger partial charge >= 0.3 is 0 Å². The van der Waals surface area contributed by atoms with Crippen molar-refractivity contribution in [3.8, 4) is 12.1 Å². The van der Waals surface area contributed by atoms with Crippen LogP contribution in [0.15, 0.2) is 22.3 Å². The Morgan fingerprint density at radius 2 is 1.77 bits per heavy atom. The van der Waals surface area contributed by atoms with Crippen molar-refractivity contribution in [2.45, 2.75) is 33.1 Å². The first-order valence-corrected chi connectivity index (χ1v) is 4.40. The van der Waals surface area contributed by atoms with E-state index in [0.29, 0.717) is 0 Å². The van der Waals surface area contributed by atoms with E-state index in [0.717, 1.165) is 30.4 Å². The molecule has 0 saturated carbocycles. The van der Waals surface area contributed by atoms with E-state index >= 15 is 0 Å². The van der Waals surface area contributed by atoms with Gasteiger partial charge in [-0.2, -0.15) is 10.5 Å². The third-order valence-electron chi connectivity index (χ3n) is 2.60. The van der Waals surface area contributed by atoms with E-state index in [4.69, 9.17) is 10.5 Å². The van der Waals surface area contributed by atoms with Crippen molar-refractivity contribution >= 4 is 0 Å². The van der Waals surface area contributed by atoms with Crippen LogP contribution in [0.3, 0.4) is 0 Å². The molecule has 1 rings (SSSR count). The van der Waals surface area contributed by atoms with Crippen molar-refractivity contribution in [2.24, 2.45) is 0 Å². The summed E-state index contributed by atoms with van der Waals surface area (Å²) < 4.78 is 0. The first kappa shape index (κ1) is 9.55. The first-order chi connectivity index (χ1) is 6.20. The van der Waals surface area contributed by atoms with E-state index < -0.39 is 0 Å². The molecule has 0 heterocycles. The molecular formula is C11H12N2. The average Bonchev–Trinajstić information content (AvgIpc) is 2.14. The number of nitrogens with zero attached hydrogens (tertiary/aromatic N) is 2. The highest BCUT2D eigenvalue weighted by Gasteiger charge is 2.14. The molecule has 0 aliphatic heterocycles. The van der Waals surface area contributed by atoms with Gasteiger partial charge in [-0.25, -0.2) is 0 Å². The summed E-state index contributed by atoms with van der Waals surface area (Å²) in [5.74, 6) is 0. The van der Waals surface area contributed by atoms with Gasteiger partial charge in [0.15, 0.2) is 0 Å². The molecule has 1 aliphatic carbocycles. The van der Waals surface area contributed by atoms with Crippen molar-refractivity contribution < 1.29 is 0 Å². The number of nitriles is 2. The van der Waals surface area contributed by atoms with Gasteiger partial charge in [-0.15, -0.1) is 0 Å². The Labute approximate surface area is 78.8 Å². The molecule has 0 amide bonds. The second-order valence-corrected chi connectivity index (χ2v) is 3.34. The first-order valence-electron chi connectivity index (χ1n) is 4.40. The van der Waals surface area contributed by atoms with Gasteiger partial charge in [0.1, 0.15) is 17.7 Å². The van der Waals surface area contributed by atoms with Crippen molar-refractivity contribution in [1.29, 1.82) is 10.5 Å². The molecule has 0 atom stereocenters. The highest BCUT2D eigenvalue weighted by atomic mass is 14.3. The Hall–Kier alpha value is -1.54. The smallest absolute Gasteiger partial charge is 0.133 e. The molecule has 66 valence electrons. The maximum atomic E-state index is 8.73. The Bertz CT molecular complexity index is 343. The van der Waals surface area contributed by atoms with Gasteiger partial charge in [0.2, 0.25) is 0 Å². The van der Waals surface area contributed by atoms with Crippen LogP contribution < -0.4 is 0 Å². The largest absolute Gasteiger partial charge is 0.192 e. The fourth-order valence-corrected chi connectivity index (χ4v) is 1.64. The third-order valence-corrected chi connectivity index (χ3v) is 2.60. The Morgan fingerprint density at radius 1 is 1.15 bits per heavy atom. The maximum Gasteiger partial charge on any atom is 0.133 e. The Balaban J connectivity index is 3.22. The maximum absolute atomic E-state index is 8.73. The molecule has 0 radical (unpaired) electrons. The lowest BCUT2D eigenvalue weighted by atomic mass is 9.87. The van der Waals surface area contributed by atoms with Crippen molar-refractivity contribution in [2.75, 3.05) is 0 Å². The number of allylic oxidation sites excluding steroid dienone is 4. The average molecular weight is 172 g/mol. The van der Waals surface area contributed by atoms with E-state index in [9.17, 15) is 0 Å². The second kappa shape index (κ2) is 3.92. The van der Waals surface area contributed by atoms with Crippen molar-refractivity contribution in [3.63, 3.8) is 0 Å². The van der Waals surface area contributed by atoms with Crippen molar-refractivity contribution in [3.05, 3.63) is 22.3 Å². The van der Waals surface area contributed by atoms with Crippen LogP contribution in [0.4, 0.5) is 0 Å². The van der Waals surface area contributed by atoms with Gasteiger partial charge in [-0.05, 0) is 44.3 Å². The number of hydrogen-bond donors (Lipinski definition) is 0. The molecule has 2 nitrogen and oxygen atoms in total. The highest BCUT2D eigenvalue weighted by molar-refractivity contribution is 5.50. The summed E-state index contributed by atoms with van der Waals surface area (Å²) >= 11 is 0. The van der Waals surface area contributed by atoms with Crippen LogP contribution in [0, 0.1) is 22.7 Å². The predicted molar refractivity (Wildman–Crippen MR) is 50.5 cm³/mol. The molecule has 0 N–H and O–H groups in total. The van der Waals surface area contributed by atoms with E-state index in [-0.39, 0.29) is 5.57 Å². The second-order valence-electron chi connectivity index (χ2n) is 3.34. The molecule has 0 saturated heterocycles. The summed E-state index contributed by atoms with van der Waals surface area (Å²) in [5.41, 5.74) is 3.69. The summed E-state index contributed by atoms with van der Waals surface area (Å²) in [6.07, 6.45) is 3.03. The molecule has 0 aromatic rings. The summed E-state index contributed by atoms with van der Waals surface area (Å²) in [5, 5.41) is 17.5. The lowest BCUT2D eigenvalue weighted by Gasteiger charge is -2.17. The van der Waals surface area contributed by atoms with Gasteiger partial charge in [0.05, 0.1) is 0 Å². The van der Waals surface area contributed by atoms with E-state index in [2.05, 4.69) is 6.92 Å². The molecular weight excluding hydrogens is 160 g/mol. The van der Waals surface area contributed by atoms with E-state index in [1.54, 1.807) is 0 Å². The summed E-state index contributed by atoms with van der Waals surface area (Å²) in [6.45, 7) is 4.07. The van der Waals surface area contributed by atoms with Crippen LogP contribution in [0.1, 0.15) is 33.1 Å². The minimum absolute atomic E-state index is 0.288. The van der Waals surface area contributed by atoms with Crippen LogP contribution >= 0.6 is 0 Å². The molecule has 13 heavy (non-hydrogen) atoms. The van der Waals surface area contributed by atoms with E-state index in [1.165, 1.54) is 5.57 Å². The minimum Gasteiger partial charge on any atom is -0.192 e. The molecule has 0 spiro atoms. The van der Waals surface area contributed by atoms with Gasteiger partial charge in [0.25, 0.3) is 0 Å². The fraction of sp³-hybridized carbons (Fsp3) is 0.455. The molecule has 1 aliphatic rings. The Kier molecular flexibility index (Phi) is 2.88. The molecule has 0 unspecified atom stereocenters. The lowest BCUT2D eigenvalue weighted by molar-refractivity contribution is 0.760. The fourth-order valence-electron chi connectivity index (χ4n) is 1.64. The van der Waals surface area contributed by atoms with Crippen LogP contribution in [-0.2, 0) is 0 Å². The van der Waals surface area contributed by atoms with Crippen LogP contribution in [-0.4, -0.2) is 0 Å². The highest BCUT2D eigenvalue weighted by Crippen LogP contribution is 2.30. The normalized spacial score (nSPS) is 16.5. The van der Waals surface area contributed by atoms with Crippen molar-refractivity contribution in [1.82, 2.24) is 0 Å². The Morgan fingerprint density at radius 3 is 2.31 bits per heavy atom. The molecule has 2 heteroatoms. The predicted octanol–water partition coefficient (Wildman–Crippen LogP) is 2.85. The number of rotatable bonds is 0. The quantitative estimate of drug-likeness (QED) is 0.527. The van der Waals surface area contributed by atoms with Gasteiger partial charge in [-0.3, -0.25) is 0 Å². The molecule has 0 bridgehead atoms. The van der Waals surface area contributed by atoms with Crippen LogP contribution in [0.25, 0.3) is 0 Å². The third kappa shape index (κ3) is 1.79. The standard InChI is InChI=1S/C11H12N2/c1-8-4-3-5-11(9(8)2)10(6-12)7-13/h3-5H2,1-2H3. The zero-order valence-corrected chi connectivity index (χ0v) is 8.02. The number of hydrogen-bond acceptors (Lipinski definition) is 2. The zero-order valence-electron chi connectivity index (χ0n) is 8.02. The molecule has 0 aromatic carbocycles. The monoisotopic (exact) mass is 172 g/mol. The van der Waals surface area contributed by atoms with Crippen LogP contribution in [0.2, 0.25) is 0 Å². The van der Waals surface area contributed by atoms with E-state index in [1.807, 2.05) is 19.1 Å². The van der Waals surface area contributed by atoms with Gasteiger partial charge in [-0.1, -0.05) is 5.57 Å². The lowest BCUT2D eigenvalue weighted by Crippen LogP contribution is -2.00. The zero-order chi connectivity index (χ0) is 9.84. The van der Waals surface area contributed by atoms with Gasteiger partial charge < -0.3 is 0 Å². The van der Waals surface area contributed by atoms with Gasteiger partial charge in [0, 0.05) is 0 Å². The molecule has 0 aromatic heterocycles. The SMILES string of the molecule is CC1=C(C)C(=C(C#N)C#N)CCC1. The summed E-state index contributed by atoms with van der Waals surface area (Å²) in [6, 6.07) is 3.91. The minimum atomic E-state index is 0.288. The van der Waals surface area contributed by atoms with Crippen LogP contribution in [0.5, 0.6) is 0 Å². The molecule has 0 fully saturated rings.